The summed E-state index contributed by atoms with van der Waals surface area (Å²) >= 11 is 0. The van der Waals surface area contributed by atoms with E-state index in [1.807, 2.05) is 0 Å². The van der Waals surface area contributed by atoms with Gasteiger partial charge in [0.1, 0.15) is 17.1 Å². The van der Waals surface area contributed by atoms with Crippen molar-refractivity contribution in [2.24, 2.45) is 0 Å². The van der Waals surface area contributed by atoms with Crippen molar-refractivity contribution < 1.29 is 27.9 Å². The largest absolute Gasteiger partial charge is 0.485 e. The van der Waals surface area contributed by atoms with Crippen LogP contribution in [0.1, 0.15) is 27.0 Å². The monoisotopic (exact) mass is 398 g/mol. The van der Waals surface area contributed by atoms with Gasteiger partial charge in [0.15, 0.2) is 12.4 Å². The summed E-state index contributed by atoms with van der Waals surface area (Å²) in [4.78, 5) is 36.3. The Balaban J connectivity index is 1.99. The third kappa shape index (κ3) is 4.34. The average Bonchev–Trinajstić information content (AvgIpc) is 2.68. The van der Waals surface area contributed by atoms with E-state index in [0.29, 0.717) is 27.8 Å². The van der Waals surface area contributed by atoms with Gasteiger partial charge >= 0.3 is 11.6 Å². The highest BCUT2D eigenvalue weighted by Crippen LogP contribution is 2.31. The lowest BCUT2D eigenvalue weighted by molar-refractivity contribution is -0.139. The van der Waals surface area contributed by atoms with Crippen molar-refractivity contribution in [2.45, 2.75) is 20.3 Å². The molecule has 0 spiro atoms. The molecule has 1 heterocycles. The van der Waals surface area contributed by atoms with Gasteiger partial charge in [0.25, 0.3) is 0 Å². The van der Waals surface area contributed by atoms with E-state index in [9.17, 15) is 18.8 Å². The van der Waals surface area contributed by atoms with Gasteiger partial charge in [-0.05, 0) is 61.4 Å². The topological polar surface area (TPSA) is 82.8 Å². The SMILES string of the molecule is COC(=O)Cc1c(C)c2c(OCC(=O)c3ccc(F)cc3)cc(C)cc2oc1=O. The first-order chi connectivity index (χ1) is 13.8. The maximum atomic E-state index is 13.0. The Hall–Kier alpha value is -3.48. The number of esters is 1. The Morgan fingerprint density at radius 2 is 1.79 bits per heavy atom. The molecule has 0 atom stereocenters. The first kappa shape index (κ1) is 20.3. The number of fused-ring (bicyclic) bond motifs is 1. The maximum Gasteiger partial charge on any atom is 0.340 e. The second-order valence-corrected chi connectivity index (χ2v) is 6.60. The molecule has 3 rings (SSSR count). The number of methoxy groups -OCH3 is 1. The highest BCUT2D eigenvalue weighted by Gasteiger charge is 2.19. The molecule has 0 N–H and O–H groups in total. The highest BCUT2D eigenvalue weighted by atomic mass is 19.1. The van der Waals surface area contributed by atoms with E-state index >= 15 is 0 Å². The third-order valence-electron chi connectivity index (χ3n) is 4.56. The number of Topliss-reactive ketones (excluding diaryl/α,β-unsaturated/α-hetero) is 1. The van der Waals surface area contributed by atoms with Crippen molar-refractivity contribution >= 4 is 22.7 Å². The molecular weight excluding hydrogens is 379 g/mol. The molecule has 0 bridgehead atoms. The van der Waals surface area contributed by atoms with Crippen molar-refractivity contribution in [3.8, 4) is 5.75 Å². The maximum absolute atomic E-state index is 13.0. The number of carbonyl (C=O) groups is 2. The van der Waals surface area contributed by atoms with Crippen LogP contribution in [0.2, 0.25) is 0 Å². The minimum Gasteiger partial charge on any atom is -0.485 e. The molecule has 6 nitrogen and oxygen atoms in total. The summed E-state index contributed by atoms with van der Waals surface area (Å²) in [5.41, 5.74) is 1.45. The summed E-state index contributed by atoms with van der Waals surface area (Å²) in [5, 5.41) is 0.501. The molecule has 0 fully saturated rings. The second-order valence-electron chi connectivity index (χ2n) is 6.60. The van der Waals surface area contributed by atoms with Crippen LogP contribution in [0.15, 0.2) is 45.6 Å². The minimum absolute atomic E-state index is 0.169. The van der Waals surface area contributed by atoms with Crippen molar-refractivity contribution in [2.75, 3.05) is 13.7 Å². The molecule has 0 radical (unpaired) electrons. The summed E-state index contributed by atoms with van der Waals surface area (Å²) in [7, 11) is 1.24. The number of rotatable bonds is 6. The van der Waals surface area contributed by atoms with Crippen molar-refractivity contribution in [1.82, 2.24) is 0 Å². The fourth-order valence-electron chi connectivity index (χ4n) is 3.03. The molecule has 0 aliphatic heterocycles. The molecule has 150 valence electrons. The summed E-state index contributed by atoms with van der Waals surface area (Å²) < 4.78 is 28.8. The summed E-state index contributed by atoms with van der Waals surface area (Å²) in [5.74, 6) is -0.982. The van der Waals surface area contributed by atoms with Crippen LogP contribution in [-0.4, -0.2) is 25.5 Å². The number of halogens is 1. The predicted molar refractivity (Wildman–Crippen MR) is 104 cm³/mol. The van der Waals surface area contributed by atoms with Crippen LogP contribution in [0.5, 0.6) is 5.75 Å². The van der Waals surface area contributed by atoms with Gasteiger partial charge in [-0.1, -0.05) is 0 Å². The molecule has 0 aliphatic rings. The lowest BCUT2D eigenvalue weighted by Gasteiger charge is -2.13. The first-order valence-electron chi connectivity index (χ1n) is 8.85. The van der Waals surface area contributed by atoms with Crippen LogP contribution >= 0.6 is 0 Å². The van der Waals surface area contributed by atoms with Crippen LogP contribution in [0, 0.1) is 19.7 Å². The quantitative estimate of drug-likeness (QED) is 0.359. The number of aryl methyl sites for hydroxylation is 2. The molecule has 0 aliphatic carbocycles. The van der Waals surface area contributed by atoms with Crippen LogP contribution in [0.4, 0.5) is 4.39 Å². The van der Waals surface area contributed by atoms with E-state index in [2.05, 4.69) is 4.74 Å². The van der Waals surface area contributed by atoms with E-state index in [1.165, 1.54) is 31.4 Å². The zero-order valence-corrected chi connectivity index (χ0v) is 16.2. The van der Waals surface area contributed by atoms with Gasteiger partial charge in [0.2, 0.25) is 0 Å². The van der Waals surface area contributed by atoms with E-state index in [0.717, 1.165) is 5.56 Å². The molecule has 0 saturated heterocycles. The number of ketones is 1. The Kier molecular flexibility index (Phi) is 5.77. The Morgan fingerprint density at radius 1 is 1.10 bits per heavy atom. The van der Waals surface area contributed by atoms with Crippen LogP contribution < -0.4 is 10.4 Å². The smallest absolute Gasteiger partial charge is 0.340 e. The van der Waals surface area contributed by atoms with Gasteiger partial charge in [-0.3, -0.25) is 9.59 Å². The second kappa shape index (κ2) is 8.26. The van der Waals surface area contributed by atoms with Crippen LogP contribution in [0.3, 0.4) is 0 Å². The number of ether oxygens (including phenoxy) is 2. The lowest BCUT2D eigenvalue weighted by atomic mass is 10.0. The molecule has 0 unspecified atom stereocenters. The van der Waals surface area contributed by atoms with Crippen molar-refractivity contribution in [3.63, 3.8) is 0 Å². The minimum atomic E-state index is -0.626. The fourth-order valence-corrected chi connectivity index (χ4v) is 3.03. The van der Waals surface area contributed by atoms with E-state index in [4.69, 9.17) is 9.15 Å². The summed E-state index contributed by atoms with van der Waals surface area (Å²) in [6.45, 7) is 3.20. The molecule has 0 amide bonds. The van der Waals surface area contributed by atoms with Gasteiger partial charge in [-0.25, -0.2) is 9.18 Å². The fraction of sp³-hybridized carbons (Fsp3) is 0.227. The average molecular weight is 398 g/mol. The molecule has 0 saturated carbocycles. The number of carbonyl (C=O) groups excluding carboxylic acids is 2. The van der Waals surface area contributed by atoms with E-state index in [1.54, 1.807) is 26.0 Å². The third-order valence-corrected chi connectivity index (χ3v) is 4.56. The normalized spacial score (nSPS) is 10.8. The molecular formula is C22H19FO6. The van der Waals surface area contributed by atoms with Crippen molar-refractivity contribution in [1.29, 1.82) is 0 Å². The number of benzene rings is 2. The standard InChI is InChI=1S/C22H19FO6/c1-12-8-18(28-11-17(24)14-4-6-15(23)7-5-14)21-13(2)16(10-20(25)27-3)22(26)29-19(21)9-12/h4-9H,10-11H2,1-3H3. The zero-order valence-electron chi connectivity index (χ0n) is 16.2. The predicted octanol–water partition coefficient (Wildman–Crippen LogP) is 3.53. The Labute approximate surface area is 165 Å². The molecule has 2 aromatic carbocycles. The van der Waals surface area contributed by atoms with Gasteiger partial charge < -0.3 is 13.9 Å². The van der Waals surface area contributed by atoms with Gasteiger partial charge in [0.05, 0.1) is 24.5 Å². The summed E-state index contributed by atoms with van der Waals surface area (Å²) in [6.07, 6.45) is -0.234. The Morgan fingerprint density at radius 3 is 2.45 bits per heavy atom. The number of hydrogen-bond acceptors (Lipinski definition) is 6. The first-order valence-corrected chi connectivity index (χ1v) is 8.85. The van der Waals surface area contributed by atoms with E-state index in [-0.39, 0.29) is 24.4 Å². The van der Waals surface area contributed by atoms with Gasteiger partial charge in [-0.15, -0.1) is 0 Å². The Bertz CT molecular complexity index is 1140. The summed E-state index contributed by atoms with van der Waals surface area (Å²) in [6, 6.07) is 8.57. The zero-order chi connectivity index (χ0) is 21.1. The highest BCUT2D eigenvalue weighted by molar-refractivity contribution is 5.97. The lowest BCUT2D eigenvalue weighted by Crippen LogP contribution is -2.17. The number of hydrogen-bond donors (Lipinski definition) is 0. The van der Waals surface area contributed by atoms with Gasteiger partial charge in [-0.2, -0.15) is 0 Å². The van der Waals surface area contributed by atoms with Crippen LogP contribution in [-0.2, 0) is 16.0 Å². The van der Waals surface area contributed by atoms with Crippen LogP contribution in [0.25, 0.3) is 11.0 Å². The van der Waals surface area contributed by atoms with Gasteiger partial charge in [0, 0.05) is 5.56 Å². The molecule has 29 heavy (non-hydrogen) atoms. The molecule has 3 aromatic rings. The molecule has 7 heteroatoms. The van der Waals surface area contributed by atoms with Crippen molar-refractivity contribution in [3.05, 3.63) is 74.9 Å². The molecule has 1 aromatic heterocycles. The van der Waals surface area contributed by atoms with E-state index < -0.39 is 17.4 Å².